The number of benzene rings is 4. The van der Waals surface area contributed by atoms with Crippen molar-refractivity contribution >= 4 is 43.5 Å². The van der Waals surface area contributed by atoms with Crippen molar-refractivity contribution in [1.29, 1.82) is 0 Å². The summed E-state index contributed by atoms with van der Waals surface area (Å²) in [5.41, 5.74) is 4.06. The lowest BCUT2D eigenvalue weighted by molar-refractivity contribution is 0.0964. The molecular weight excluding hydrogens is 647 g/mol. The summed E-state index contributed by atoms with van der Waals surface area (Å²) < 4.78 is 48.4. The molecule has 0 unspecified atom stereocenters. The summed E-state index contributed by atoms with van der Waals surface area (Å²) in [5.74, 6) is -0.251. The van der Waals surface area contributed by atoms with Gasteiger partial charge >= 0.3 is 0 Å². The number of halogens is 1. The summed E-state index contributed by atoms with van der Waals surface area (Å²) in [6.07, 6.45) is 1.36. The predicted molar refractivity (Wildman–Crippen MR) is 189 cm³/mol. The summed E-state index contributed by atoms with van der Waals surface area (Å²) in [5, 5.41) is 13.3. The van der Waals surface area contributed by atoms with Gasteiger partial charge in [-0.2, -0.15) is 0 Å². The van der Waals surface area contributed by atoms with Crippen LogP contribution in [0.1, 0.15) is 39.8 Å². The standard InChI is InChI=1S/C37H35FN4O6S/c1-21-6-8-23(9-7-21)31(16-17-43)42-22(2)40-30-15-12-25(18-28(30)37(42)45)27-19-29-33(20-32(27)41(4)49(5,46)47)48-35(34(29)36(44)39-3)24-10-13-26(38)14-11-24/h6-15,18-20,31,43H,16-17H2,1-5H3,(H,39,44)/t31-/m1/s1. The van der Waals surface area contributed by atoms with Crippen LogP contribution in [0.25, 0.3) is 44.3 Å². The van der Waals surface area contributed by atoms with E-state index in [-0.39, 0.29) is 46.6 Å². The molecule has 0 saturated carbocycles. The molecule has 1 amide bonds. The third kappa shape index (κ3) is 6.20. The molecule has 2 heterocycles. The lowest BCUT2D eigenvalue weighted by Crippen LogP contribution is -2.29. The summed E-state index contributed by atoms with van der Waals surface area (Å²) >= 11 is 0. The van der Waals surface area contributed by atoms with Crippen LogP contribution in [0.5, 0.6) is 0 Å². The molecule has 1 atom stereocenters. The number of anilines is 1. The molecule has 0 aliphatic carbocycles. The Morgan fingerprint density at radius 3 is 2.31 bits per heavy atom. The van der Waals surface area contributed by atoms with Crippen molar-refractivity contribution in [2.45, 2.75) is 26.3 Å². The van der Waals surface area contributed by atoms with Crippen molar-refractivity contribution in [2.75, 3.05) is 31.3 Å². The molecule has 2 N–H and O–H groups in total. The van der Waals surface area contributed by atoms with Crippen molar-refractivity contribution in [1.82, 2.24) is 14.9 Å². The second-order valence-electron chi connectivity index (χ2n) is 12.0. The highest BCUT2D eigenvalue weighted by Crippen LogP contribution is 2.41. The van der Waals surface area contributed by atoms with Gasteiger partial charge in [0.25, 0.3) is 11.5 Å². The highest BCUT2D eigenvalue weighted by atomic mass is 32.2. The van der Waals surface area contributed by atoms with E-state index in [9.17, 15) is 27.5 Å². The second-order valence-corrected chi connectivity index (χ2v) is 14.0. The number of amides is 1. The van der Waals surface area contributed by atoms with E-state index in [1.54, 1.807) is 35.8 Å². The number of aliphatic hydroxyl groups excluding tert-OH is 1. The van der Waals surface area contributed by atoms with E-state index in [0.717, 1.165) is 21.7 Å². The fraction of sp³-hybridized carbons (Fsp3) is 0.216. The quantitative estimate of drug-likeness (QED) is 0.192. The number of carbonyl (C=O) groups excluding carboxylic acids is 1. The van der Waals surface area contributed by atoms with Crippen LogP contribution in [0.15, 0.2) is 88.1 Å². The van der Waals surface area contributed by atoms with Gasteiger partial charge in [-0.1, -0.05) is 35.9 Å². The number of sulfonamides is 1. The maximum absolute atomic E-state index is 14.3. The average molecular weight is 683 g/mol. The Morgan fingerprint density at radius 1 is 1.00 bits per heavy atom. The largest absolute Gasteiger partial charge is 0.455 e. The van der Waals surface area contributed by atoms with Crippen LogP contribution in [0.2, 0.25) is 0 Å². The number of fused-ring (bicyclic) bond motifs is 2. The molecule has 0 saturated heterocycles. The lowest BCUT2D eigenvalue weighted by Gasteiger charge is -2.23. The number of aromatic nitrogens is 2. The van der Waals surface area contributed by atoms with Gasteiger partial charge < -0.3 is 14.8 Å². The first-order valence-corrected chi connectivity index (χ1v) is 17.4. The monoisotopic (exact) mass is 682 g/mol. The minimum Gasteiger partial charge on any atom is -0.455 e. The van der Waals surface area contributed by atoms with Crippen LogP contribution in [-0.2, 0) is 10.0 Å². The second kappa shape index (κ2) is 12.9. The van der Waals surface area contributed by atoms with E-state index in [0.29, 0.717) is 33.4 Å². The molecule has 0 bridgehead atoms. The van der Waals surface area contributed by atoms with E-state index in [2.05, 4.69) is 5.32 Å². The smallest absolute Gasteiger partial charge is 0.261 e. The Hall–Kier alpha value is -5.33. The van der Waals surface area contributed by atoms with Gasteiger partial charge in [-0.15, -0.1) is 0 Å². The molecule has 0 spiro atoms. The van der Waals surface area contributed by atoms with Gasteiger partial charge in [-0.05, 0) is 73.9 Å². The van der Waals surface area contributed by atoms with E-state index >= 15 is 0 Å². The zero-order valence-corrected chi connectivity index (χ0v) is 28.4. The Bertz CT molecular complexity index is 2400. The Kier molecular flexibility index (Phi) is 8.86. The molecule has 0 aliphatic rings. The number of nitrogens with zero attached hydrogens (tertiary/aromatic N) is 3. The summed E-state index contributed by atoms with van der Waals surface area (Å²) in [7, 11) is -0.897. The van der Waals surface area contributed by atoms with Crippen LogP contribution in [-0.4, -0.2) is 55.9 Å². The maximum atomic E-state index is 14.3. The molecule has 4 aromatic carbocycles. The molecule has 0 fully saturated rings. The highest BCUT2D eigenvalue weighted by molar-refractivity contribution is 7.92. The molecule has 10 nitrogen and oxygen atoms in total. The topological polar surface area (TPSA) is 135 Å². The van der Waals surface area contributed by atoms with Crippen LogP contribution < -0.4 is 15.2 Å². The first-order valence-electron chi connectivity index (χ1n) is 15.6. The lowest BCUT2D eigenvalue weighted by atomic mass is 9.97. The number of furan rings is 1. The van der Waals surface area contributed by atoms with Crippen LogP contribution >= 0.6 is 0 Å². The zero-order chi connectivity index (χ0) is 35.2. The zero-order valence-electron chi connectivity index (χ0n) is 27.6. The predicted octanol–water partition coefficient (Wildman–Crippen LogP) is 5.96. The van der Waals surface area contributed by atoms with Crippen LogP contribution in [0.4, 0.5) is 10.1 Å². The molecule has 0 aliphatic heterocycles. The number of aliphatic hydroxyl groups is 1. The first kappa shape index (κ1) is 33.6. The number of hydrogen-bond acceptors (Lipinski definition) is 7. The number of carbonyl (C=O) groups is 1. The first-order chi connectivity index (χ1) is 23.3. The van der Waals surface area contributed by atoms with Crippen LogP contribution in [0.3, 0.4) is 0 Å². The van der Waals surface area contributed by atoms with Gasteiger partial charge in [-0.3, -0.25) is 18.5 Å². The number of nitrogens with one attached hydrogen (secondary N) is 1. The van der Waals surface area contributed by atoms with Gasteiger partial charge in [-0.25, -0.2) is 17.8 Å². The minimum atomic E-state index is -3.78. The van der Waals surface area contributed by atoms with Crippen LogP contribution in [0, 0.1) is 19.7 Å². The maximum Gasteiger partial charge on any atom is 0.261 e. The molecule has 2 aromatic heterocycles. The molecule has 6 rings (SSSR count). The van der Waals surface area contributed by atoms with Gasteiger partial charge in [0.05, 0.1) is 34.5 Å². The third-order valence-corrected chi connectivity index (χ3v) is 9.96. The summed E-state index contributed by atoms with van der Waals surface area (Å²) in [6, 6.07) is 21.1. The average Bonchev–Trinajstić information content (AvgIpc) is 3.45. The molecule has 0 radical (unpaired) electrons. The van der Waals surface area contributed by atoms with Crippen molar-refractivity contribution in [3.05, 3.63) is 118 Å². The summed E-state index contributed by atoms with van der Waals surface area (Å²) in [4.78, 5) is 32.3. The van der Waals surface area contributed by atoms with Crippen molar-refractivity contribution in [2.24, 2.45) is 0 Å². The van der Waals surface area contributed by atoms with Gasteiger partial charge in [0, 0.05) is 43.3 Å². The van der Waals surface area contributed by atoms with E-state index in [1.165, 1.54) is 44.4 Å². The van der Waals surface area contributed by atoms with Crippen molar-refractivity contribution in [3.8, 4) is 22.5 Å². The van der Waals surface area contributed by atoms with E-state index in [4.69, 9.17) is 9.40 Å². The van der Waals surface area contributed by atoms with Crippen molar-refractivity contribution < 1.29 is 27.1 Å². The van der Waals surface area contributed by atoms with Gasteiger partial charge in [0.2, 0.25) is 10.0 Å². The van der Waals surface area contributed by atoms with Crippen molar-refractivity contribution in [3.63, 3.8) is 0 Å². The number of aryl methyl sites for hydroxylation is 2. The fourth-order valence-electron chi connectivity index (χ4n) is 6.16. The highest BCUT2D eigenvalue weighted by Gasteiger charge is 2.27. The number of hydrogen-bond donors (Lipinski definition) is 2. The normalized spacial score (nSPS) is 12.4. The Balaban J connectivity index is 1.62. The Morgan fingerprint density at radius 2 is 1.67 bits per heavy atom. The van der Waals surface area contributed by atoms with Gasteiger partial charge in [0.1, 0.15) is 23.0 Å². The molecule has 12 heteroatoms. The third-order valence-electron chi connectivity index (χ3n) is 8.77. The number of rotatable bonds is 9. The van der Waals surface area contributed by atoms with E-state index in [1.807, 2.05) is 31.2 Å². The molecule has 252 valence electrons. The SMILES string of the molecule is CNC(=O)c1c(-c2ccc(F)cc2)oc2cc(N(C)S(C)(=O)=O)c(-c3ccc4nc(C)n([C@H](CCO)c5ccc(C)cc5)c(=O)c4c3)cc12. The molecule has 6 aromatic rings. The minimum absolute atomic E-state index is 0.151. The summed E-state index contributed by atoms with van der Waals surface area (Å²) in [6.45, 7) is 3.57. The molecular formula is C37H35FN4O6S. The van der Waals surface area contributed by atoms with E-state index < -0.39 is 27.8 Å². The van der Waals surface area contributed by atoms with Gasteiger partial charge in [0.15, 0.2) is 0 Å². The fourth-order valence-corrected chi connectivity index (χ4v) is 6.67. The molecule has 49 heavy (non-hydrogen) atoms. The Labute approximate surface area is 282 Å².